The number of pyridine rings is 2. The number of carbonyl (C=O) groups is 2. The van der Waals surface area contributed by atoms with Crippen LogP contribution in [0.5, 0.6) is 0 Å². The molecule has 1 aromatic carbocycles. The number of nitrogens with zero attached hydrogens (tertiary/aromatic N) is 4. The second kappa shape index (κ2) is 12.3. The van der Waals surface area contributed by atoms with E-state index >= 15 is 0 Å². The summed E-state index contributed by atoms with van der Waals surface area (Å²) in [4.78, 5) is 38.7. The van der Waals surface area contributed by atoms with E-state index in [0.717, 1.165) is 37.6 Å². The zero-order valence-corrected chi connectivity index (χ0v) is 21.5. The summed E-state index contributed by atoms with van der Waals surface area (Å²) in [7, 11) is 4.01. The molecular weight excluding hydrogens is 470 g/mol. The van der Waals surface area contributed by atoms with Crippen molar-refractivity contribution in [2.45, 2.75) is 6.92 Å². The van der Waals surface area contributed by atoms with Crippen LogP contribution in [0.2, 0.25) is 0 Å². The number of rotatable bonds is 9. The SMILES string of the molecule is Cc1ccc(NC(=O)c2ccnc(N3CCOCC3)c2)cc1NC(=O)c1ccc(NCCN(C)C)nc1. The van der Waals surface area contributed by atoms with Gasteiger partial charge in [0, 0.05) is 55.5 Å². The molecule has 3 aromatic rings. The second-order valence-electron chi connectivity index (χ2n) is 9.10. The molecule has 0 spiro atoms. The Morgan fingerprint density at radius 1 is 0.973 bits per heavy atom. The van der Waals surface area contributed by atoms with Gasteiger partial charge in [-0.25, -0.2) is 9.97 Å². The summed E-state index contributed by atoms with van der Waals surface area (Å²) in [6.45, 7) is 6.31. The van der Waals surface area contributed by atoms with Crippen LogP contribution in [0, 0.1) is 6.92 Å². The molecule has 10 heteroatoms. The van der Waals surface area contributed by atoms with Gasteiger partial charge in [0.25, 0.3) is 11.8 Å². The van der Waals surface area contributed by atoms with Crippen molar-refractivity contribution in [3.8, 4) is 0 Å². The van der Waals surface area contributed by atoms with E-state index < -0.39 is 0 Å². The van der Waals surface area contributed by atoms with E-state index in [-0.39, 0.29) is 11.8 Å². The fourth-order valence-corrected chi connectivity index (χ4v) is 3.80. The largest absolute Gasteiger partial charge is 0.378 e. The summed E-state index contributed by atoms with van der Waals surface area (Å²) in [5, 5.41) is 9.07. The molecule has 1 saturated heterocycles. The number of hydrogen-bond acceptors (Lipinski definition) is 8. The number of nitrogens with one attached hydrogen (secondary N) is 3. The van der Waals surface area contributed by atoms with Crippen LogP contribution in [0.1, 0.15) is 26.3 Å². The summed E-state index contributed by atoms with van der Waals surface area (Å²) in [6.07, 6.45) is 3.18. The first-order chi connectivity index (χ1) is 17.9. The van der Waals surface area contributed by atoms with E-state index in [1.54, 1.807) is 42.7 Å². The summed E-state index contributed by atoms with van der Waals surface area (Å²) < 4.78 is 5.39. The van der Waals surface area contributed by atoms with Crippen LogP contribution in [0.25, 0.3) is 0 Å². The lowest BCUT2D eigenvalue weighted by Gasteiger charge is -2.27. The molecule has 4 rings (SSSR count). The van der Waals surface area contributed by atoms with Crippen molar-refractivity contribution in [2.24, 2.45) is 0 Å². The van der Waals surface area contributed by atoms with Crippen molar-refractivity contribution in [1.82, 2.24) is 14.9 Å². The average Bonchev–Trinajstić information content (AvgIpc) is 2.91. The Labute approximate surface area is 217 Å². The molecular formula is C27H33N7O3. The number of carbonyl (C=O) groups excluding carboxylic acids is 2. The number of hydrogen-bond donors (Lipinski definition) is 3. The van der Waals surface area contributed by atoms with E-state index in [1.165, 1.54) is 0 Å². The maximum Gasteiger partial charge on any atom is 0.257 e. The maximum absolute atomic E-state index is 12.9. The minimum absolute atomic E-state index is 0.250. The van der Waals surface area contributed by atoms with Gasteiger partial charge in [-0.05, 0) is 63.0 Å². The monoisotopic (exact) mass is 503 g/mol. The first kappa shape index (κ1) is 26.1. The molecule has 0 atom stereocenters. The summed E-state index contributed by atoms with van der Waals surface area (Å²) in [6, 6.07) is 12.4. The van der Waals surface area contributed by atoms with E-state index in [2.05, 4.69) is 35.7 Å². The Morgan fingerprint density at radius 2 is 1.76 bits per heavy atom. The molecule has 37 heavy (non-hydrogen) atoms. The van der Waals surface area contributed by atoms with Crippen LogP contribution in [0.15, 0.2) is 54.9 Å². The Kier molecular flexibility index (Phi) is 8.65. The molecule has 1 fully saturated rings. The number of anilines is 4. The lowest BCUT2D eigenvalue weighted by Crippen LogP contribution is -2.36. The Bertz CT molecular complexity index is 1220. The van der Waals surface area contributed by atoms with Crippen molar-refractivity contribution in [2.75, 3.05) is 74.3 Å². The molecule has 0 radical (unpaired) electrons. The molecule has 0 saturated carbocycles. The molecule has 3 heterocycles. The zero-order chi connectivity index (χ0) is 26.2. The summed E-state index contributed by atoms with van der Waals surface area (Å²) in [5.41, 5.74) is 3.01. The van der Waals surface area contributed by atoms with Gasteiger partial charge in [0.2, 0.25) is 0 Å². The van der Waals surface area contributed by atoms with Crippen LogP contribution in [-0.4, -0.2) is 80.2 Å². The Morgan fingerprint density at radius 3 is 2.49 bits per heavy atom. The first-order valence-electron chi connectivity index (χ1n) is 12.3. The number of likely N-dealkylation sites (N-methyl/N-ethyl adjacent to an activating group) is 1. The van der Waals surface area contributed by atoms with Crippen molar-refractivity contribution >= 4 is 34.8 Å². The third-order valence-electron chi connectivity index (χ3n) is 5.98. The predicted molar refractivity (Wildman–Crippen MR) is 146 cm³/mol. The van der Waals surface area contributed by atoms with Crippen molar-refractivity contribution in [3.05, 3.63) is 71.5 Å². The van der Waals surface area contributed by atoms with E-state index in [9.17, 15) is 9.59 Å². The van der Waals surface area contributed by atoms with Crippen LogP contribution in [0.4, 0.5) is 23.0 Å². The second-order valence-corrected chi connectivity index (χ2v) is 9.10. The smallest absolute Gasteiger partial charge is 0.257 e. The van der Waals surface area contributed by atoms with Gasteiger partial charge in [-0.3, -0.25) is 9.59 Å². The van der Waals surface area contributed by atoms with Gasteiger partial charge in [-0.15, -0.1) is 0 Å². The molecule has 2 aromatic heterocycles. The fraction of sp³-hybridized carbons (Fsp3) is 0.333. The predicted octanol–water partition coefficient (Wildman–Crippen LogP) is 3.10. The highest BCUT2D eigenvalue weighted by atomic mass is 16.5. The van der Waals surface area contributed by atoms with Crippen molar-refractivity contribution in [3.63, 3.8) is 0 Å². The van der Waals surface area contributed by atoms with Gasteiger partial charge in [0.15, 0.2) is 0 Å². The molecule has 1 aliphatic rings. The van der Waals surface area contributed by atoms with Crippen molar-refractivity contribution < 1.29 is 14.3 Å². The van der Waals surface area contributed by atoms with Crippen LogP contribution < -0.4 is 20.9 Å². The van der Waals surface area contributed by atoms with Crippen LogP contribution in [-0.2, 0) is 4.74 Å². The third kappa shape index (κ3) is 7.25. The normalized spacial score (nSPS) is 13.4. The fourth-order valence-electron chi connectivity index (χ4n) is 3.80. The van der Waals surface area contributed by atoms with Gasteiger partial charge in [-0.2, -0.15) is 0 Å². The lowest BCUT2D eigenvalue weighted by atomic mass is 10.1. The molecule has 0 aliphatic carbocycles. The quantitative estimate of drug-likeness (QED) is 0.409. The van der Waals surface area contributed by atoms with Gasteiger partial charge < -0.3 is 30.5 Å². The number of benzene rings is 1. The average molecular weight is 504 g/mol. The number of aryl methyl sites for hydroxylation is 1. The van der Waals surface area contributed by atoms with Gasteiger partial charge in [0.05, 0.1) is 18.8 Å². The Hall–Kier alpha value is -4.02. The highest BCUT2D eigenvalue weighted by Crippen LogP contribution is 2.22. The van der Waals surface area contributed by atoms with Crippen LogP contribution >= 0.6 is 0 Å². The van der Waals surface area contributed by atoms with E-state index in [4.69, 9.17) is 4.74 Å². The molecule has 1 aliphatic heterocycles. The van der Waals surface area contributed by atoms with E-state index in [1.807, 2.05) is 33.2 Å². The highest BCUT2D eigenvalue weighted by Gasteiger charge is 2.15. The topological polar surface area (TPSA) is 112 Å². The first-order valence-corrected chi connectivity index (χ1v) is 12.3. The number of ether oxygens (including phenoxy) is 1. The minimum Gasteiger partial charge on any atom is -0.378 e. The minimum atomic E-state index is -0.275. The third-order valence-corrected chi connectivity index (χ3v) is 5.98. The standard InChI is InChI=1S/C27H33N7O3/c1-19-4-6-22(31-26(35)20-8-9-29-25(16-20)34-12-14-37-15-13-34)17-23(19)32-27(36)21-5-7-24(30-18-21)28-10-11-33(2)3/h4-9,16-18H,10-15H2,1-3H3,(H,28,30)(H,31,35)(H,32,36). The number of aromatic nitrogens is 2. The molecule has 0 bridgehead atoms. The molecule has 2 amide bonds. The molecule has 3 N–H and O–H groups in total. The van der Waals surface area contributed by atoms with Gasteiger partial charge >= 0.3 is 0 Å². The van der Waals surface area contributed by atoms with Crippen molar-refractivity contribution in [1.29, 1.82) is 0 Å². The molecule has 194 valence electrons. The highest BCUT2D eigenvalue weighted by molar-refractivity contribution is 6.07. The van der Waals surface area contributed by atoms with Crippen LogP contribution in [0.3, 0.4) is 0 Å². The molecule has 10 nitrogen and oxygen atoms in total. The summed E-state index contributed by atoms with van der Waals surface area (Å²) in [5.74, 6) is 0.940. The molecule has 0 unspecified atom stereocenters. The van der Waals surface area contributed by atoms with Gasteiger partial charge in [-0.1, -0.05) is 6.07 Å². The Balaban J connectivity index is 1.39. The van der Waals surface area contributed by atoms with Gasteiger partial charge in [0.1, 0.15) is 11.6 Å². The maximum atomic E-state index is 12.9. The number of morpholine rings is 1. The lowest BCUT2D eigenvalue weighted by molar-refractivity contribution is 0.101. The summed E-state index contributed by atoms with van der Waals surface area (Å²) >= 11 is 0. The number of amides is 2. The van der Waals surface area contributed by atoms with E-state index in [0.29, 0.717) is 41.5 Å². The zero-order valence-electron chi connectivity index (χ0n) is 21.5.